The van der Waals surface area contributed by atoms with Crippen LogP contribution in [0.3, 0.4) is 0 Å². The third-order valence-electron chi connectivity index (χ3n) is 3.89. The average molecular weight is 277 g/mol. The molecule has 1 N–H and O–H groups in total. The first-order valence-corrected chi connectivity index (χ1v) is 7.14. The number of alkyl halides is 1. The maximum absolute atomic E-state index is 14.6. The van der Waals surface area contributed by atoms with Crippen LogP contribution in [-0.4, -0.2) is 17.9 Å². The number of carbonyl (C=O) groups excluding carboxylic acids is 2. The Bertz CT molecular complexity index is 455. The molecule has 1 aromatic carbocycles. The van der Waals surface area contributed by atoms with E-state index in [1.807, 2.05) is 30.3 Å². The molecule has 20 heavy (non-hydrogen) atoms. The molecular weight excluding hydrogens is 257 g/mol. The fourth-order valence-corrected chi connectivity index (χ4v) is 2.69. The summed E-state index contributed by atoms with van der Waals surface area (Å²) in [6.45, 7) is 0. The number of nitrogens with one attached hydrogen (secondary N) is 1. The normalized spacial score (nSPS) is 19.1. The van der Waals surface area contributed by atoms with Crippen molar-refractivity contribution >= 4 is 12.2 Å². The highest BCUT2D eigenvalue weighted by atomic mass is 19.1. The highest BCUT2D eigenvalue weighted by Crippen LogP contribution is 2.32. The van der Waals surface area contributed by atoms with Crippen molar-refractivity contribution in [1.82, 2.24) is 5.32 Å². The molecule has 0 bridgehead atoms. The molecule has 4 heteroatoms. The summed E-state index contributed by atoms with van der Waals surface area (Å²) >= 11 is 0. The van der Waals surface area contributed by atoms with Gasteiger partial charge in [0.2, 0.25) is 0 Å². The lowest BCUT2D eigenvalue weighted by atomic mass is 9.85. The van der Waals surface area contributed by atoms with Gasteiger partial charge in [0.25, 0.3) is 5.91 Å². The average Bonchev–Trinajstić information content (AvgIpc) is 2.48. The molecule has 0 unspecified atom stereocenters. The Morgan fingerprint density at radius 2 is 1.90 bits per heavy atom. The zero-order chi connectivity index (χ0) is 14.4. The zero-order valence-electron chi connectivity index (χ0n) is 11.5. The summed E-state index contributed by atoms with van der Waals surface area (Å²) in [5.74, 6) is -0.576. The van der Waals surface area contributed by atoms with Crippen LogP contribution in [0.25, 0.3) is 0 Å². The Kier molecular flexibility index (Phi) is 4.88. The minimum atomic E-state index is -1.77. The van der Waals surface area contributed by atoms with Gasteiger partial charge >= 0.3 is 0 Å². The standard InChI is InChI=1S/C16H20FNO2/c17-16(10-5-2-6-11-16)15(20)18-14(9-12-19)13-7-3-1-4-8-13/h1,3-4,7-8,12,14H,2,5-6,9-11H2,(H,18,20)/t14-/m0/s1. The number of aldehydes is 1. The van der Waals surface area contributed by atoms with Crippen molar-refractivity contribution in [3.63, 3.8) is 0 Å². The first-order valence-electron chi connectivity index (χ1n) is 7.14. The van der Waals surface area contributed by atoms with E-state index in [1.54, 1.807) is 0 Å². The molecule has 3 nitrogen and oxygen atoms in total. The summed E-state index contributed by atoms with van der Waals surface area (Å²) < 4.78 is 14.6. The van der Waals surface area contributed by atoms with Gasteiger partial charge < -0.3 is 10.1 Å². The molecule has 108 valence electrons. The molecule has 0 saturated heterocycles. The van der Waals surface area contributed by atoms with Gasteiger partial charge in [-0.3, -0.25) is 4.79 Å². The summed E-state index contributed by atoms with van der Waals surface area (Å²) in [5, 5.41) is 2.70. The molecule has 1 aromatic rings. The lowest BCUT2D eigenvalue weighted by Gasteiger charge is -2.30. The summed E-state index contributed by atoms with van der Waals surface area (Å²) in [5.41, 5.74) is -0.943. The number of hydrogen-bond acceptors (Lipinski definition) is 2. The minimum Gasteiger partial charge on any atom is -0.346 e. The number of carbonyl (C=O) groups is 2. The quantitative estimate of drug-likeness (QED) is 0.841. The van der Waals surface area contributed by atoms with Crippen LogP contribution in [-0.2, 0) is 9.59 Å². The van der Waals surface area contributed by atoms with Crippen LogP contribution in [0, 0.1) is 0 Å². The van der Waals surface area contributed by atoms with Crippen molar-refractivity contribution in [1.29, 1.82) is 0 Å². The van der Waals surface area contributed by atoms with Gasteiger partial charge in [-0.1, -0.05) is 36.8 Å². The molecule has 0 aliphatic heterocycles. The van der Waals surface area contributed by atoms with Gasteiger partial charge in [-0.05, 0) is 31.2 Å². The topological polar surface area (TPSA) is 46.2 Å². The summed E-state index contributed by atoms with van der Waals surface area (Å²) in [7, 11) is 0. The second-order valence-electron chi connectivity index (χ2n) is 5.37. The molecule has 1 atom stereocenters. The van der Waals surface area contributed by atoms with E-state index >= 15 is 0 Å². The second-order valence-corrected chi connectivity index (χ2v) is 5.37. The summed E-state index contributed by atoms with van der Waals surface area (Å²) in [4.78, 5) is 23.0. The molecule has 0 radical (unpaired) electrons. The molecule has 1 amide bonds. The maximum atomic E-state index is 14.6. The molecule has 1 aliphatic rings. The van der Waals surface area contributed by atoms with E-state index in [4.69, 9.17) is 0 Å². The van der Waals surface area contributed by atoms with E-state index in [-0.39, 0.29) is 19.3 Å². The molecule has 2 rings (SSSR count). The van der Waals surface area contributed by atoms with Crippen molar-refractivity contribution in [2.75, 3.05) is 0 Å². The van der Waals surface area contributed by atoms with Crippen LogP contribution in [0.1, 0.15) is 50.1 Å². The molecule has 0 heterocycles. The van der Waals surface area contributed by atoms with Crippen molar-refractivity contribution in [2.45, 2.75) is 50.2 Å². The van der Waals surface area contributed by atoms with Crippen LogP contribution < -0.4 is 5.32 Å². The van der Waals surface area contributed by atoms with Gasteiger partial charge in [-0.25, -0.2) is 4.39 Å². The fourth-order valence-electron chi connectivity index (χ4n) is 2.69. The van der Waals surface area contributed by atoms with Crippen LogP contribution in [0.4, 0.5) is 4.39 Å². The fraction of sp³-hybridized carbons (Fsp3) is 0.500. The Hall–Kier alpha value is -1.71. The Morgan fingerprint density at radius 3 is 2.50 bits per heavy atom. The molecule has 1 saturated carbocycles. The first kappa shape index (κ1) is 14.7. The van der Waals surface area contributed by atoms with Crippen molar-refractivity contribution < 1.29 is 14.0 Å². The maximum Gasteiger partial charge on any atom is 0.258 e. The number of hydrogen-bond donors (Lipinski definition) is 1. The van der Waals surface area contributed by atoms with E-state index in [1.165, 1.54) is 0 Å². The van der Waals surface area contributed by atoms with E-state index in [0.29, 0.717) is 0 Å². The molecular formula is C16H20FNO2. The number of amides is 1. The van der Waals surface area contributed by atoms with Gasteiger partial charge in [0.15, 0.2) is 5.67 Å². The largest absolute Gasteiger partial charge is 0.346 e. The number of rotatable bonds is 5. The van der Waals surface area contributed by atoms with E-state index in [0.717, 1.165) is 31.1 Å². The van der Waals surface area contributed by atoms with Crippen LogP contribution in [0.5, 0.6) is 0 Å². The van der Waals surface area contributed by atoms with Gasteiger partial charge in [0, 0.05) is 6.42 Å². The lowest BCUT2D eigenvalue weighted by molar-refractivity contribution is -0.135. The Labute approximate surface area is 118 Å². The van der Waals surface area contributed by atoms with Gasteiger partial charge in [-0.15, -0.1) is 0 Å². The van der Waals surface area contributed by atoms with E-state index < -0.39 is 17.6 Å². The highest BCUT2D eigenvalue weighted by molar-refractivity contribution is 5.85. The zero-order valence-corrected chi connectivity index (χ0v) is 11.5. The highest BCUT2D eigenvalue weighted by Gasteiger charge is 2.40. The van der Waals surface area contributed by atoms with E-state index in [9.17, 15) is 14.0 Å². The van der Waals surface area contributed by atoms with Crippen LogP contribution >= 0.6 is 0 Å². The van der Waals surface area contributed by atoms with Gasteiger partial charge in [0.1, 0.15) is 6.29 Å². The van der Waals surface area contributed by atoms with Crippen LogP contribution in [0.2, 0.25) is 0 Å². The van der Waals surface area contributed by atoms with Gasteiger partial charge in [-0.2, -0.15) is 0 Å². The lowest BCUT2D eigenvalue weighted by Crippen LogP contribution is -2.46. The van der Waals surface area contributed by atoms with Crippen LogP contribution in [0.15, 0.2) is 30.3 Å². The third-order valence-corrected chi connectivity index (χ3v) is 3.89. The predicted octanol–water partition coefficient (Wildman–Crippen LogP) is 3.11. The number of benzene rings is 1. The minimum absolute atomic E-state index is 0.159. The Balaban J connectivity index is 2.08. The summed E-state index contributed by atoms with van der Waals surface area (Å²) in [6, 6.07) is 8.76. The monoisotopic (exact) mass is 277 g/mol. The van der Waals surface area contributed by atoms with Crippen molar-refractivity contribution in [2.24, 2.45) is 0 Å². The van der Waals surface area contributed by atoms with Gasteiger partial charge in [0.05, 0.1) is 6.04 Å². The number of halogens is 1. The smallest absolute Gasteiger partial charge is 0.258 e. The summed E-state index contributed by atoms with van der Waals surface area (Å²) in [6.07, 6.45) is 3.94. The molecule has 1 aliphatic carbocycles. The molecule has 0 aromatic heterocycles. The molecule has 1 fully saturated rings. The third kappa shape index (κ3) is 3.44. The SMILES string of the molecule is O=CC[C@H](NC(=O)C1(F)CCCCC1)c1ccccc1. The van der Waals surface area contributed by atoms with E-state index in [2.05, 4.69) is 5.32 Å². The van der Waals surface area contributed by atoms with Crippen molar-refractivity contribution in [3.05, 3.63) is 35.9 Å². The second kappa shape index (κ2) is 6.64. The molecule has 0 spiro atoms. The predicted molar refractivity (Wildman–Crippen MR) is 74.9 cm³/mol. The van der Waals surface area contributed by atoms with Crippen molar-refractivity contribution in [3.8, 4) is 0 Å². The Morgan fingerprint density at radius 1 is 1.25 bits per heavy atom. The first-order chi connectivity index (χ1) is 9.65.